The van der Waals surface area contributed by atoms with E-state index in [9.17, 15) is 19.5 Å². The summed E-state index contributed by atoms with van der Waals surface area (Å²) < 4.78 is 6.25. The van der Waals surface area contributed by atoms with Gasteiger partial charge in [0.25, 0.3) is 5.91 Å². The van der Waals surface area contributed by atoms with Crippen LogP contribution < -0.4 is 21.3 Å². The van der Waals surface area contributed by atoms with Crippen molar-refractivity contribution in [1.29, 1.82) is 0 Å². The first-order valence-electron chi connectivity index (χ1n) is 35.3. The number of aliphatic hydroxyl groups excluding tert-OH is 1. The van der Waals surface area contributed by atoms with Crippen molar-refractivity contribution in [2.75, 3.05) is 86.9 Å². The van der Waals surface area contributed by atoms with Gasteiger partial charge in [-0.3, -0.25) is 52.7 Å². The molecule has 564 valence electrons. The van der Waals surface area contributed by atoms with Crippen LogP contribution in [0.5, 0.6) is 0 Å². The zero-order valence-electron chi connectivity index (χ0n) is 64.8. The van der Waals surface area contributed by atoms with Gasteiger partial charge < -0.3 is 70.3 Å². The van der Waals surface area contributed by atoms with Gasteiger partial charge in [-0.15, -0.1) is 23.5 Å². The Bertz CT molecular complexity index is 2640. The van der Waals surface area contributed by atoms with E-state index in [0.717, 1.165) is 18.0 Å². The molecule has 1 saturated heterocycles. The van der Waals surface area contributed by atoms with Crippen molar-refractivity contribution in [2.45, 2.75) is 254 Å². The fourth-order valence-corrected chi connectivity index (χ4v) is 13.8. The topological polar surface area (TPSA) is 291 Å². The zero-order valence-corrected chi connectivity index (χ0v) is 66.4. The number of ether oxygens (including phenoxy) is 1. The Kier molecular flexibility index (Phi) is 39.4. The molecule has 0 aromatic rings. The van der Waals surface area contributed by atoms with Gasteiger partial charge in [0.1, 0.15) is 60.4 Å². The Morgan fingerprint density at radius 2 is 1.01 bits per heavy atom. The summed E-state index contributed by atoms with van der Waals surface area (Å²) in [7, 11) is 10.1. The Morgan fingerprint density at radius 3 is 1.49 bits per heavy atom. The third-order valence-corrected chi connectivity index (χ3v) is 20.3. The second kappa shape index (κ2) is 42.7. The summed E-state index contributed by atoms with van der Waals surface area (Å²) in [5.41, 5.74) is -1.05. The maximum absolute atomic E-state index is 15.6. The van der Waals surface area contributed by atoms with Crippen LogP contribution in [0.15, 0.2) is 12.2 Å². The van der Waals surface area contributed by atoms with Crippen LogP contribution in [0.4, 0.5) is 0 Å². The molecule has 1 aliphatic heterocycles. The second-order valence-electron chi connectivity index (χ2n) is 29.3. The van der Waals surface area contributed by atoms with Crippen LogP contribution in [0.2, 0.25) is 0 Å². The van der Waals surface area contributed by atoms with E-state index in [-0.39, 0.29) is 55.8 Å². The number of hydrogen-bond donors (Lipinski definition) is 5. The van der Waals surface area contributed by atoms with Crippen LogP contribution in [-0.4, -0.2) is 274 Å². The fraction of sp³-hybridized carbons (Fsp3) is 0.817. The summed E-state index contributed by atoms with van der Waals surface area (Å²) in [4.78, 5) is 176. The Labute approximate surface area is 597 Å². The lowest BCUT2D eigenvalue weighted by Gasteiger charge is -2.41. The second-order valence-corrected chi connectivity index (χ2v) is 31.3. The predicted octanol–water partition coefficient (Wildman–Crippen LogP) is 5.52. The predicted molar refractivity (Wildman–Crippen MR) is 391 cm³/mol. The van der Waals surface area contributed by atoms with E-state index in [1.165, 1.54) is 116 Å². The van der Waals surface area contributed by atoms with Crippen molar-refractivity contribution in [3.8, 4) is 0 Å². The Hall–Kier alpha value is -5.51. The minimum absolute atomic E-state index is 0.0119. The summed E-state index contributed by atoms with van der Waals surface area (Å²) in [5, 5.41) is 22.3. The van der Waals surface area contributed by atoms with Crippen molar-refractivity contribution >= 4 is 88.5 Å². The maximum Gasteiger partial charge on any atom is 0.256 e. The van der Waals surface area contributed by atoms with Gasteiger partial charge in [0.05, 0.1) is 17.6 Å². The highest BCUT2D eigenvalue weighted by Crippen LogP contribution is 2.29. The number of aliphatic hydroxyl groups is 1. The number of thioether (sulfide) groups is 2. The first-order chi connectivity index (χ1) is 45.5. The summed E-state index contributed by atoms with van der Waals surface area (Å²) in [5.74, 6) is -9.31. The molecule has 1 rings (SSSR count). The molecule has 0 spiro atoms. The molecule has 0 saturated carbocycles. The SMILES string of the molecule is C/C=C/C[C@@H](C)[C@@H](O)[C@H]1C(=O)N[C@@H](CC)C(=O)N(C)[C@H](SCCCN(CC)CC)C(=O)N(C)[C@@H](CC(C)(C)OCSC)C(=O)N[C@@H](C(C)C)C(=O)N(C)[C@@H](CC(C)C)C(=O)N[C@@H](C)C(=O)N[C@H](C)C(=O)N(C)[C@@H](CC(C)C)C(=O)N(C)[C@@H](CC(C)C)C(=O)N(C)[C@@H](C(C)C)C(=O)N1C. The molecule has 0 aromatic carbocycles. The number of rotatable bonds is 25. The molecule has 0 aromatic heterocycles. The number of amides is 11. The summed E-state index contributed by atoms with van der Waals surface area (Å²) in [6.07, 6.45) is 5.15. The molecule has 5 N–H and O–H groups in total. The number of hydrogen-bond acceptors (Lipinski definition) is 16. The molecule has 0 unspecified atom stereocenters. The van der Waals surface area contributed by atoms with Gasteiger partial charge >= 0.3 is 0 Å². The minimum Gasteiger partial charge on any atom is -0.390 e. The lowest BCUT2D eigenvalue weighted by atomic mass is 9.91. The van der Waals surface area contributed by atoms with Gasteiger partial charge in [-0.05, 0) is 140 Å². The molecule has 98 heavy (non-hydrogen) atoms. The highest BCUT2D eigenvalue weighted by Gasteiger charge is 2.47. The summed E-state index contributed by atoms with van der Waals surface area (Å²) >= 11 is 2.59. The molecule has 0 bridgehead atoms. The summed E-state index contributed by atoms with van der Waals surface area (Å²) in [6, 6.07) is -12.9. The van der Waals surface area contributed by atoms with Gasteiger partial charge in [0.2, 0.25) is 59.1 Å². The van der Waals surface area contributed by atoms with Gasteiger partial charge in [-0.25, -0.2) is 0 Å². The van der Waals surface area contributed by atoms with Crippen molar-refractivity contribution in [3.05, 3.63) is 12.2 Å². The highest BCUT2D eigenvalue weighted by molar-refractivity contribution is 8.00. The van der Waals surface area contributed by atoms with E-state index >= 15 is 38.4 Å². The van der Waals surface area contributed by atoms with Crippen LogP contribution in [0.1, 0.15) is 176 Å². The number of nitrogens with zero attached hydrogens (tertiary/aromatic N) is 8. The molecular formula is C71H130N12O13S2. The van der Waals surface area contributed by atoms with E-state index in [0.29, 0.717) is 25.1 Å². The molecule has 0 aliphatic carbocycles. The van der Waals surface area contributed by atoms with Crippen LogP contribution in [0.3, 0.4) is 0 Å². The van der Waals surface area contributed by atoms with Crippen molar-refractivity contribution < 1.29 is 62.6 Å². The standard InChI is InChI=1S/C71H130N12O13S2/c1-28-32-34-47(15)58(84)57-62(88)74-50(29-2)64(90)82(26)70(98-36-33-35-83(30-3)31-4)69(95)79(23)54(40-71(18,19)96-41-97-27)61(87)75-55(45(11)12)67(93)76(20)51(37-42(5)6)60(86)72-48(16)59(85)73-49(17)63(89)77(21)52(38-43(7)8)65(91)78(22)53(39-44(9)10)66(92)80(24)56(46(13)14)68(94)81(57)25/h28,32,42-58,70,84H,29-31,33-41H2,1-27H3,(H,72,86)(H,73,85)(H,74,88)(H,75,87)/b32-28+/t47-,48+,49-,50+,51+,52+,53+,54+,55+,56+,57+,58-,70-/m1/s1. The molecule has 1 fully saturated rings. The number of likely N-dealkylation sites (N-methyl/N-ethyl adjacent to an activating group) is 7. The molecule has 27 heteroatoms. The number of carbonyl (C=O) groups excluding carboxylic acids is 11. The van der Waals surface area contributed by atoms with Gasteiger partial charge in [-0.1, -0.05) is 109 Å². The maximum atomic E-state index is 15.6. The van der Waals surface area contributed by atoms with Crippen molar-refractivity contribution in [3.63, 3.8) is 0 Å². The Morgan fingerprint density at radius 1 is 0.541 bits per heavy atom. The quantitative estimate of drug-likeness (QED) is 0.0427. The lowest BCUT2D eigenvalue weighted by molar-refractivity contribution is -0.157. The molecule has 13 atom stereocenters. The first-order valence-corrected chi connectivity index (χ1v) is 37.7. The third-order valence-electron chi connectivity index (χ3n) is 18.5. The average molecular weight is 1420 g/mol. The van der Waals surface area contributed by atoms with Crippen molar-refractivity contribution in [2.24, 2.45) is 35.5 Å². The molecule has 0 radical (unpaired) electrons. The lowest BCUT2D eigenvalue weighted by Crippen LogP contribution is -2.64. The van der Waals surface area contributed by atoms with Crippen LogP contribution >= 0.6 is 23.5 Å². The van der Waals surface area contributed by atoms with E-state index in [1.54, 1.807) is 61.5 Å². The number of nitrogens with one attached hydrogen (secondary N) is 4. The monoisotopic (exact) mass is 1420 g/mol. The molecular weight excluding hydrogens is 1290 g/mol. The van der Waals surface area contributed by atoms with E-state index in [1.807, 2.05) is 74.6 Å². The smallest absolute Gasteiger partial charge is 0.256 e. The highest BCUT2D eigenvalue weighted by atomic mass is 32.2. The fourth-order valence-electron chi connectivity index (χ4n) is 12.2. The average Bonchev–Trinajstić information content (AvgIpc) is 0.806. The third kappa shape index (κ3) is 26.5. The normalized spacial score (nSPS) is 25.9. The molecule has 11 amide bonds. The largest absolute Gasteiger partial charge is 0.390 e. The first kappa shape index (κ1) is 90.5. The van der Waals surface area contributed by atoms with Crippen molar-refractivity contribution in [1.82, 2.24) is 60.5 Å². The van der Waals surface area contributed by atoms with Crippen LogP contribution in [-0.2, 0) is 57.5 Å². The molecule has 25 nitrogen and oxygen atoms in total. The zero-order chi connectivity index (χ0) is 75.7. The summed E-state index contributed by atoms with van der Waals surface area (Å²) in [6.45, 7) is 36.2. The van der Waals surface area contributed by atoms with Crippen LogP contribution in [0, 0.1) is 35.5 Å². The van der Waals surface area contributed by atoms with Crippen LogP contribution in [0.25, 0.3) is 0 Å². The number of carbonyl (C=O) groups is 11. The minimum atomic E-state index is -1.65. The number of allylic oxidation sites excluding steroid dienone is 2. The van der Waals surface area contributed by atoms with Gasteiger partial charge in [-0.2, -0.15) is 0 Å². The van der Waals surface area contributed by atoms with Gasteiger partial charge in [0.15, 0.2) is 5.37 Å². The Balaban J connectivity index is 4.66. The van der Waals surface area contributed by atoms with E-state index in [4.69, 9.17) is 4.74 Å². The molecule has 1 heterocycles. The van der Waals surface area contributed by atoms with Gasteiger partial charge in [0, 0.05) is 55.8 Å². The van der Waals surface area contributed by atoms with E-state index < -0.39 is 160 Å². The van der Waals surface area contributed by atoms with E-state index in [2.05, 4.69) is 26.2 Å². The molecule has 1 aliphatic rings.